The molecular weight excluding hydrogens is 364 g/mol. The topological polar surface area (TPSA) is 75.4 Å². The number of nitrogens with zero attached hydrogens (tertiary/aromatic N) is 1. The molecule has 0 spiro atoms. The van der Waals surface area contributed by atoms with Gasteiger partial charge in [0.15, 0.2) is 0 Å². The lowest BCUT2D eigenvalue weighted by Gasteiger charge is -2.24. The molecule has 2 unspecified atom stereocenters. The molecule has 0 aliphatic heterocycles. The quantitative estimate of drug-likeness (QED) is 0.380. The predicted molar refractivity (Wildman–Crippen MR) is 116 cm³/mol. The van der Waals surface area contributed by atoms with Gasteiger partial charge in [-0.15, -0.1) is 0 Å². The minimum absolute atomic E-state index is 0.0363. The van der Waals surface area contributed by atoms with E-state index in [4.69, 9.17) is 0 Å². The fraction of sp³-hybridized carbons (Fsp3) is 0.250. The Balaban J connectivity index is 1.87. The van der Waals surface area contributed by atoms with E-state index < -0.39 is 11.0 Å². The lowest BCUT2D eigenvalue weighted by molar-refractivity contribution is -0.384. The Labute approximate surface area is 171 Å². The van der Waals surface area contributed by atoms with Gasteiger partial charge in [-0.2, -0.15) is 0 Å². The lowest BCUT2D eigenvalue weighted by Crippen LogP contribution is -2.15. The number of anilines is 1. The molecule has 5 nitrogen and oxygen atoms in total. The fourth-order valence-corrected chi connectivity index (χ4v) is 3.32. The number of rotatable bonds is 8. The molecule has 3 aromatic rings. The van der Waals surface area contributed by atoms with E-state index in [1.165, 1.54) is 17.7 Å². The summed E-state index contributed by atoms with van der Waals surface area (Å²) in [6, 6.07) is 22.4. The van der Waals surface area contributed by atoms with Crippen molar-refractivity contribution in [1.29, 1.82) is 0 Å². The zero-order chi connectivity index (χ0) is 20.8. The SMILES string of the molecule is CCc1ccc(C(CC(O)c2ccc(C)cc2)Nc2cccc([N+](=O)[O-])c2)cc1. The van der Waals surface area contributed by atoms with Gasteiger partial charge in [0.05, 0.1) is 17.1 Å². The van der Waals surface area contributed by atoms with Crippen LogP contribution in [0, 0.1) is 17.0 Å². The summed E-state index contributed by atoms with van der Waals surface area (Å²) in [5.41, 5.74) is 4.95. The van der Waals surface area contributed by atoms with Crippen molar-refractivity contribution in [3.63, 3.8) is 0 Å². The second kappa shape index (κ2) is 9.34. The van der Waals surface area contributed by atoms with Gasteiger partial charge in [-0.25, -0.2) is 0 Å². The summed E-state index contributed by atoms with van der Waals surface area (Å²) in [5, 5.41) is 25.3. The van der Waals surface area contributed by atoms with Crippen LogP contribution in [0.3, 0.4) is 0 Å². The third kappa shape index (κ3) is 5.42. The number of hydrogen-bond donors (Lipinski definition) is 2. The zero-order valence-corrected chi connectivity index (χ0v) is 16.7. The predicted octanol–water partition coefficient (Wildman–Crippen LogP) is 5.74. The van der Waals surface area contributed by atoms with Crippen LogP contribution in [0.4, 0.5) is 11.4 Å². The van der Waals surface area contributed by atoms with Crippen molar-refractivity contribution in [2.45, 2.75) is 38.8 Å². The van der Waals surface area contributed by atoms with Gasteiger partial charge in [0.2, 0.25) is 0 Å². The van der Waals surface area contributed by atoms with Gasteiger partial charge >= 0.3 is 0 Å². The number of nitrogens with one attached hydrogen (secondary N) is 1. The molecule has 0 radical (unpaired) electrons. The van der Waals surface area contributed by atoms with Crippen molar-refractivity contribution < 1.29 is 10.0 Å². The maximum absolute atomic E-state index is 11.1. The Morgan fingerprint density at radius 2 is 1.66 bits per heavy atom. The zero-order valence-electron chi connectivity index (χ0n) is 16.7. The number of aliphatic hydroxyl groups excluding tert-OH is 1. The van der Waals surface area contributed by atoms with Crippen molar-refractivity contribution >= 4 is 11.4 Å². The summed E-state index contributed by atoms with van der Waals surface area (Å²) in [4.78, 5) is 10.7. The van der Waals surface area contributed by atoms with E-state index in [9.17, 15) is 15.2 Å². The van der Waals surface area contributed by atoms with E-state index in [2.05, 4.69) is 36.5 Å². The first-order valence-corrected chi connectivity index (χ1v) is 9.80. The van der Waals surface area contributed by atoms with Gasteiger partial charge < -0.3 is 10.4 Å². The van der Waals surface area contributed by atoms with Gasteiger partial charge in [0.25, 0.3) is 5.69 Å². The molecule has 0 bridgehead atoms. The molecule has 150 valence electrons. The average molecular weight is 390 g/mol. The summed E-state index contributed by atoms with van der Waals surface area (Å²) >= 11 is 0. The van der Waals surface area contributed by atoms with Crippen LogP contribution in [0.15, 0.2) is 72.8 Å². The molecule has 3 aromatic carbocycles. The van der Waals surface area contributed by atoms with Crippen molar-refractivity contribution in [2.24, 2.45) is 0 Å². The average Bonchev–Trinajstić information content (AvgIpc) is 2.74. The van der Waals surface area contributed by atoms with Crippen molar-refractivity contribution in [2.75, 3.05) is 5.32 Å². The Morgan fingerprint density at radius 3 is 2.28 bits per heavy atom. The minimum Gasteiger partial charge on any atom is -0.388 e. The van der Waals surface area contributed by atoms with Crippen LogP contribution in [0.2, 0.25) is 0 Å². The number of nitro benzene ring substituents is 1. The van der Waals surface area contributed by atoms with Gasteiger partial charge in [0, 0.05) is 24.2 Å². The largest absolute Gasteiger partial charge is 0.388 e. The number of aliphatic hydroxyl groups is 1. The number of hydrogen-bond acceptors (Lipinski definition) is 4. The minimum atomic E-state index is -0.655. The number of benzene rings is 3. The molecule has 2 N–H and O–H groups in total. The van der Waals surface area contributed by atoms with Crippen LogP contribution >= 0.6 is 0 Å². The van der Waals surface area contributed by atoms with Crippen LogP contribution < -0.4 is 5.32 Å². The number of aryl methyl sites for hydroxylation is 2. The Morgan fingerprint density at radius 1 is 1.00 bits per heavy atom. The molecule has 0 aromatic heterocycles. The summed E-state index contributed by atoms with van der Waals surface area (Å²) in [5.74, 6) is 0. The third-order valence-corrected chi connectivity index (χ3v) is 5.11. The molecular formula is C24H26N2O3. The fourth-order valence-electron chi connectivity index (χ4n) is 3.32. The summed E-state index contributed by atoms with van der Waals surface area (Å²) in [6.07, 6.45) is 0.740. The summed E-state index contributed by atoms with van der Waals surface area (Å²) in [6.45, 7) is 4.12. The maximum Gasteiger partial charge on any atom is 0.271 e. The van der Waals surface area contributed by atoms with Crippen molar-refractivity contribution in [3.05, 3.63) is 105 Å². The van der Waals surface area contributed by atoms with Gasteiger partial charge in [-0.3, -0.25) is 10.1 Å². The van der Waals surface area contributed by atoms with E-state index in [1.54, 1.807) is 12.1 Å². The molecule has 0 aliphatic carbocycles. The molecule has 0 saturated carbocycles. The van der Waals surface area contributed by atoms with Crippen molar-refractivity contribution in [1.82, 2.24) is 0 Å². The molecule has 0 heterocycles. The highest BCUT2D eigenvalue weighted by Crippen LogP contribution is 2.31. The molecule has 0 saturated heterocycles. The van der Waals surface area contributed by atoms with Gasteiger partial charge in [-0.05, 0) is 36.1 Å². The molecule has 2 atom stereocenters. The number of non-ortho nitro benzene ring substituents is 1. The van der Waals surface area contributed by atoms with Gasteiger partial charge in [0.1, 0.15) is 0 Å². The molecule has 3 rings (SSSR count). The van der Waals surface area contributed by atoms with Crippen LogP contribution in [0.1, 0.15) is 47.7 Å². The lowest BCUT2D eigenvalue weighted by atomic mass is 9.95. The first-order chi connectivity index (χ1) is 14.0. The van der Waals surface area contributed by atoms with E-state index >= 15 is 0 Å². The Bertz CT molecular complexity index is 953. The first kappa shape index (κ1) is 20.6. The normalized spacial score (nSPS) is 12.9. The van der Waals surface area contributed by atoms with E-state index in [1.807, 2.05) is 31.2 Å². The van der Waals surface area contributed by atoms with Crippen LogP contribution in [0.25, 0.3) is 0 Å². The highest BCUT2D eigenvalue weighted by atomic mass is 16.6. The Kier molecular flexibility index (Phi) is 6.62. The highest BCUT2D eigenvalue weighted by molar-refractivity contribution is 5.52. The van der Waals surface area contributed by atoms with Crippen LogP contribution in [0.5, 0.6) is 0 Å². The Hall–Kier alpha value is -3.18. The monoisotopic (exact) mass is 390 g/mol. The second-order valence-electron chi connectivity index (χ2n) is 7.26. The number of nitro groups is 1. The summed E-state index contributed by atoms with van der Waals surface area (Å²) < 4.78 is 0. The molecule has 0 aliphatic rings. The highest BCUT2D eigenvalue weighted by Gasteiger charge is 2.19. The first-order valence-electron chi connectivity index (χ1n) is 9.80. The van der Waals surface area contributed by atoms with Crippen LogP contribution in [-0.4, -0.2) is 10.0 Å². The molecule has 0 amide bonds. The van der Waals surface area contributed by atoms with E-state index in [0.29, 0.717) is 12.1 Å². The molecule has 5 heteroatoms. The second-order valence-corrected chi connectivity index (χ2v) is 7.26. The van der Waals surface area contributed by atoms with Gasteiger partial charge in [-0.1, -0.05) is 67.1 Å². The molecule has 0 fully saturated rings. The van der Waals surface area contributed by atoms with E-state index in [-0.39, 0.29) is 11.7 Å². The van der Waals surface area contributed by atoms with Crippen molar-refractivity contribution in [3.8, 4) is 0 Å². The standard InChI is InChI=1S/C24H26N2O3/c1-3-18-9-13-19(14-10-18)23(16-24(27)20-11-7-17(2)8-12-20)25-21-5-4-6-22(15-21)26(28)29/h4-15,23-25,27H,3,16H2,1-2H3. The maximum atomic E-state index is 11.1. The smallest absolute Gasteiger partial charge is 0.271 e. The molecule has 29 heavy (non-hydrogen) atoms. The van der Waals surface area contributed by atoms with Crippen LogP contribution in [-0.2, 0) is 6.42 Å². The third-order valence-electron chi connectivity index (χ3n) is 5.11. The van der Waals surface area contributed by atoms with E-state index in [0.717, 1.165) is 23.1 Å². The summed E-state index contributed by atoms with van der Waals surface area (Å²) in [7, 11) is 0.